The van der Waals surface area contributed by atoms with Crippen LogP contribution in [0.3, 0.4) is 0 Å². The molecule has 0 saturated carbocycles. The van der Waals surface area contributed by atoms with Gasteiger partial charge < -0.3 is 26.6 Å². The van der Waals surface area contributed by atoms with Gasteiger partial charge in [-0.1, -0.05) is 28.5 Å². The number of hydrogen-bond acceptors (Lipinski definition) is 10. The normalized spacial score (nSPS) is 13.6. The Balaban J connectivity index is 4.15. The van der Waals surface area contributed by atoms with Crippen molar-refractivity contribution in [3.05, 3.63) is 0 Å². The largest absolute Gasteiger partial charge is 0.500 e. The minimum atomic E-state index is -2.53. The van der Waals surface area contributed by atoms with Crippen molar-refractivity contribution in [1.29, 1.82) is 0 Å². The van der Waals surface area contributed by atoms with Crippen LogP contribution in [-0.2, 0) is 26.6 Å². The van der Waals surface area contributed by atoms with E-state index in [1.807, 2.05) is 82.8 Å². The van der Waals surface area contributed by atoms with Crippen molar-refractivity contribution in [3.63, 3.8) is 0 Å². The molecule has 0 aliphatic carbocycles. The fraction of sp³-hybridized carbons (Fsp3) is 1.00. The molecule has 0 amide bonds. The zero-order chi connectivity index (χ0) is 23.4. The summed E-state index contributed by atoms with van der Waals surface area (Å²) in [6.07, 6.45) is 2.07. The minimum Gasteiger partial charge on any atom is -0.374 e. The van der Waals surface area contributed by atoms with Crippen molar-refractivity contribution in [3.8, 4) is 0 Å². The molecule has 0 fully saturated rings. The maximum absolute atomic E-state index is 5.95. The predicted octanol–water partition coefficient (Wildman–Crippen LogP) is 6.93. The van der Waals surface area contributed by atoms with Crippen LogP contribution in [0.1, 0.15) is 61.3 Å². The van der Waals surface area contributed by atoms with Crippen LogP contribution in [0.4, 0.5) is 0 Å². The second-order valence-corrected chi connectivity index (χ2v) is 18.4. The zero-order valence-electron chi connectivity index (χ0n) is 20.4. The van der Waals surface area contributed by atoms with Crippen LogP contribution < -0.4 is 0 Å². The first kappa shape index (κ1) is 32.6. The van der Waals surface area contributed by atoms with Crippen molar-refractivity contribution >= 4 is 58.8 Å². The highest BCUT2D eigenvalue weighted by atomic mass is 33.7. The Morgan fingerprint density at radius 1 is 0.613 bits per heavy atom. The Bertz CT molecular complexity index is 382. The number of rotatable bonds is 23. The molecular weight excluding hydrogens is 509 g/mol. The molecule has 0 radical (unpaired) electrons. The highest BCUT2D eigenvalue weighted by molar-refractivity contribution is 9.26. The Hall–Kier alpha value is 1.59. The maximum Gasteiger partial charge on any atom is 0.500 e. The third-order valence-electron chi connectivity index (χ3n) is 4.03. The molecule has 0 aliphatic heterocycles. The van der Waals surface area contributed by atoms with Gasteiger partial charge in [0.05, 0.1) is 0 Å². The van der Waals surface area contributed by atoms with Gasteiger partial charge >= 0.3 is 17.6 Å². The summed E-state index contributed by atoms with van der Waals surface area (Å²) in [5.41, 5.74) is 0. The lowest BCUT2D eigenvalue weighted by molar-refractivity contribution is 0.0702. The lowest BCUT2D eigenvalue weighted by Crippen LogP contribution is -2.46. The molecule has 0 saturated heterocycles. The van der Waals surface area contributed by atoms with Gasteiger partial charge in [0.15, 0.2) is 0 Å². The quantitative estimate of drug-likeness (QED) is 0.0757. The average molecular weight is 553 g/mol. The molecule has 0 spiro atoms. The molecule has 0 aromatic heterocycles. The van der Waals surface area contributed by atoms with Crippen LogP contribution >= 0.6 is 41.2 Å². The van der Waals surface area contributed by atoms with Gasteiger partial charge in [-0.3, -0.25) is 0 Å². The monoisotopic (exact) mass is 552 g/mol. The van der Waals surface area contributed by atoms with Gasteiger partial charge in [-0.15, -0.1) is 0 Å². The molecule has 6 nitrogen and oxygen atoms in total. The van der Waals surface area contributed by atoms with E-state index in [0.29, 0.717) is 44.9 Å². The first-order valence-corrected chi connectivity index (χ1v) is 20.3. The van der Waals surface area contributed by atoms with Crippen molar-refractivity contribution in [1.82, 2.24) is 0 Å². The summed E-state index contributed by atoms with van der Waals surface area (Å²) in [4.78, 5) is 0. The summed E-state index contributed by atoms with van der Waals surface area (Å²) in [5, 5.41) is 0.514. The predicted molar refractivity (Wildman–Crippen MR) is 145 cm³/mol. The summed E-state index contributed by atoms with van der Waals surface area (Å²) in [6, 6.07) is 1.75. The third kappa shape index (κ3) is 15.3. The van der Waals surface area contributed by atoms with E-state index in [1.165, 1.54) is 0 Å². The molecule has 0 bridgehead atoms. The maximum atomic E-state index is 5.95. The summed E-state index contributed by atoms with van der Waals surface area (Å²) in [5.74, 6) is 1.06. The molecule has 188 valence electrons. The Labute approximate surface area is 208 Å². The highest BCUT2D eigenvalue weighted by Gasteiger charge is 2.40. The molecular formula is C19H44O6S4Si2. The van der Waals surface area contributed by atoms with Gasteiger partial charge in [0.1, 0.15) is 0 Å². The molecule has 0 aromatic carbocycles. The van der Waals surface area contributed by atoms with Gasteiger partial charge in [0, 0.05) is 62.7 Å². The molecule has 0 aliphatic rings. The van der Waals surface area contributed by atoms with Gasteiger partial charge in [-0.25, -0.2) is 0 Å². The first-order chi connectivity index (χ1) is 15.0. The molecule has 0 heterocycles. The lowest BCUT2D eigenvalue weighted by atomic mass is 10.4. The minimum absolute atomic E-state index is 0.514. The van der Waals surface area contributed by atoms with E-state index in [9.17, 15) is 0 Å². The van der Waals surface area contributed by atoms with E-state index >= 15 is 0 Å². The summed E-state index contributed by atoms with van der Waals surface area (Å²) >= 11 is 0. The molecule has 1 unspecified atom stereocenters. The zero-order valence-corrected chi connectivity index (χ0v) is 25.7. The topological polar surface area (TPSA) is 55.4 Å². The standard InChI is InChI=1S/C19H44O6S4Si2/c1-8-20-30(21-9-2,22-10-3)17-14-16-26-28-29-27-19(7)15-18-31(23-11-4,24-12-5)25-13-6/h19H,8-18H2,1-7H3. The number of hydrogen-bond donors (Lipinski definition) is 0. The van der Waals surface area contributed by atoms with E-state index in [1.54, 1.807) is 0 Å². The Morgan fingerprint density at radius 3 is 1.45 bits per heavy atom. The second kappa shape index (κ2) is 20.9. The Kier molecular flexibility index (Phi) is 22.0. The third-order valence-corrected chi connectivity index (χ3v) is 17.3. The Morgan fingerprint density at radius 2 is 1.03 bits per heavy atom. The van der Waals surface area contributed by atoms with Crippen LogP contribution in [0.15, 0.2) is 0 Å². The van der Waals surface area contributed by atoms with E-state index in [4.69, 9.17) is 26.6 Å². The average Bonchev–Trinajstić information content (AvgIpc) is 2.73. The van der Waals surface area contributed by atoms with Crippen molar-refractivity contribution in [2.75, 3.05) is 45.4 Å². The first-order valence-electron chi connectivity index (χ1n) is 11.4. The fourth-order valence-electron chi connectivity index (χ4n) is 2.92. The second-order valence-electron chi connectivity index (χ2n) is 6.47. The van der Waals surface area contributed by atoms with Gasteiger partial charge in [-0.05, 0) is 74.0 Å². The van der Waals surface area contributed by atoms with E-state index in [-0.39, 0.29) is 0 Å². The lowest BCUT2D eigenvalue weighted by Gasteiger charge is -2.29. The summed E-state index contributed by atoms with van der Waals surface area (Å²) in [7, 11) is 2.46. The van der Waals surface area contributed by atoms with Crippen LogP contribution in [-0.4, -0.2) is 68.3 Å². The smallest absolute Gasteiger partial charge is 0.374 e. The van der Waals surface area contributed by atoms with Gasteiger partial charge in [0.2, 0.25) is 0 Å². The van der Waals surface area contributed by atoms with E-state index in [0.717, 1.165) is 30.7 Å². The summed E-state index contributed by atoms with van der Waals surface area (Å²) in [6.45, 7) is 18.1. The van der Waals surface area contributed by atoms with Crippen molar-refractivity contribution in [2.45, 2.75) is 78.6 Å². The summed E-state index contributed by atoms with van der Waals surface area (Å²) < 4.78 is 35.6. The van der Waals surface area contributed by atoms with Gasteiger partial charge in [0.25, 0.3) is 0 Å². The van der Waals surface area contributed by atoms with Gasteiger partial charge in [-0.2, -0.15) is 0 Å². The molecule has 31 heavy (non-hydrogen) atoms. The highest BCUT2D eigenvalue weighted by Crippen LogP contribution is 2.46. The van der Waals surface area contributed by atoms with Crippen LogP contribution in [0.5, 0.6) is 0 Å². The van der Waals surface area contributed by atoms with Crippen LogP contribution in [0, 0.1) is 0 Å². The van der Waals surface area contributed by atoms with Crippen LogP contribution in [0.25, 0.3) is 0 Å². The van der Waals surface area contributed by atoms with E-state index in [2.05, 4.69) is 6.92 Å². The molecule has 12 heteroatoms. The van der Waals surface area contributed by atoms with E-state index < -0.39 is 17.6 Å². The van der Waals surface area contributed by atoms with Crippen LogP contribution in [0.2, 0.25) is 12.1 Å². The molecule has 0 N–H and O–H groups in total. The van der Waals surface area contributed by atoms with Crippen molar-refractivity contribution < 1.29 is 26.6 Å². The van der Waals surface area contributed by atoms with Crippen molar-refractivity contribution in [2.24, 2.45) is 0 Å². The molecule has 0 rings (SSSR count). The molecule has 1 atom stereocenters. The SMILES string of the molecule is CCO[Si](CCCSSSSC(C)CC[Si](OCC)(OCC)OCC)(OCC)OCC. The molecule has 0 aromatic rings. The fourth-order valence-corrected chi connectivity index (χ4v) is 15.4.